The third-order valence-electron chi connectivity index (χ3n) is 3.83. The molecule has 0 bridgehead atoms. The number of anilines is 2. The van der Waals surface area contributed by atoms with Crippen molar-refractivity contribution >= 4 is 22.4 Å². The van der Waals surface area contributed by atoms with Gasteiger partial charge in [0, 0.05) is 37.3 Å². The summed E-state index contributed by atoms with van der Waals surface area (Å²) in [5.74, 6) is 0.422. The van der Waals surface area contributed by atoms with Gasteiger partial charge in [0.2, 0.25) is 0 Å². The SMILES string of the molecule is CN(CCO)c1ccc(NCc2cc(F)cc3cccnc23)nc1. The van der Waals surface area contributed by atoms with Crippen LogP contribution in [0.25, 0.3) is 10.9 Å². The summed E-state index contributed by atoms with van der Waals surface area (Å²) in [6.07, 6.45) is 3.44. The molecule has 3 aromatic rings. The van der Waals surface area contributed by atoms with Gasteiger partial charge in [0.1, 0.15) is 11.6 Å². The lowest BCUT2D eigenvalue weighted by molar-refractivity contribution is 0.304. The fourth-order valence-corrected chi connectivity index (χ4v) is 2.54. The van der Waals surface area contributed by atoms with Crippen molar-refractivity contribution in [1.82, 2.24) is 9.97 Å². The van der Waals surface area contributed by atoms with E-state index in [-0.39, 0.29) is 12.4 Å². The average Bonchev–Trinajstić information content (AvgIpc) is 2.60. The van der Waals surface area contributed by atoms with Crippen molar-refractivity contribution < 1.29 is 9.50 Å². The zero-order chi connectivity index (χ0) is 16.9. The van der Waals surface area contributed by atoms with Gasteiger partial charge in [-0.1, -0.05) is 6.07 Å². The number of aliphatic hydroxyl groups is 1. The van der Waals surface area contributed by atoms with Crippen molar-refractivity contribution in [3.05, 3.63) is 60.2 Å². The standard InChI is InChI=1S/C18H19FN4O/c1-23(7-8-24)16-4-5-17(22-12-16)21-11-14-10-15(19)9-13-3-2-6-20-18(13)14/h2-6,9-10,12,24H,7-8,11H2,1H3,(H,21,22). The zero-order valence-electron chi connectivity index (χ0n) is 13.4. The van der Waals surface area contributed by atoms with E-state index in [0.29, 0.717) is 18.9 Å². The number of rotatable bonds is 6. The molecule has 24 heavy (non-hydrogen) atoms. The van der Waals surface area contributed by atoms with Gasteiger partial charge in [0.05, 0.1) is 24.0 Å². The second-order valence-electron chi connectivity index (χ2n) is 5.54. The molecule has 0 aliphatic heterocycles. The number of nitrogens with one attached hydrogen (secondary N) is 1. The minimum atomic E-state index is -0.277. The van der Waals surface area contributed by atoms with Gasteiger partial charge in [0.15, 0.2) is 0 Å². The Bertz CT molecular complexity index is 823. The van der Waals surface area contributed by atoms with E-state index < -0.39 is 0 Å². The highest BCUT2D eigenvalue weighted by Gasteiger charge is 2.06. The Morgan fingerprint density at radius 3 is 2.83 bits per heavy atom. The van der Waals surface area contributed by atoms with E-state index in [1.54, 1.807) is 18.5 Å². The van der Waals surface area contributed by atoms with E-state index in [1.165, 1.54) is 12.1 Å². The molecule has 2 N–H and O–H groups in total. The number of benzene rings is 1. The molecule has 0 aliphatic carbocycles. The maximum atomic E-state index is 13.7. The van der Waals surface area contributed by atoms with Crippen LogP contribution < -0.4 is 10.2 Å². The summed E-state index contributed by atoms with van der Waals surface area (Å²) in [7, 11) is 1.89. The van der Waals surface area contributed by atoms with E-state index >= 15 is 0 Å². The molecule has 0 saturated carbocycles. The van der Waals surface area contributed by atoms with Crippen LogP contribution in [0, 0.1) is 5.82 Å². The van der Waals surface area contributed by atoms with E-state index in [1.807, 2.05) is 30.1 Å². The smallest absolute Gasteiger partial charge is 0.126 e. The number of halogens is 1. The average molecular weight is 326 g/mol. The summed E-state index contributed by atoms with van der Waals surface area (Å²) in [5.41, 5.74) is 2.49. The Morgan fingerprint density at radius 2 is 2.08 bits per heavy atom. The molecule has 1 aromatic carbocycles. The Kier molecular flexibility index (Phi) is 4.86. The topological polar surface area (TPSA) is 61.3 Å². The largest absolute Gasteiger partial charge is 0.395 e. The maximum Gasteiger partial charge on any atom is 0.126 e. The molecule has 0 saturated heterocycles. The van der Waals surface area contributed by atoms with E-state index in [4.69, 9.17) is 5.11 Å². The number of aromatic nitrogens is 2. The fraction of sp³-hybridized carbons (Fsp3) is 0.222. The van der Waals surface area contributed by atoms with Crippen molar-refractivity contribution in [3.8, 4) is 0 Å². The van der Waals surface area contributed by atoms with Crippen LogP contribution in [-0.4, -0.2) is 35.3 Å². The normalized spacial score (nSPS) is 10.8. The first kappa shape index (κ1) is 16.1. The number of fused-ring (bicyclic) bond motifs is 1. The van der Waals surface area contributed by atoms with Gasteiger partial charge in [-0.3, -0.25) is 4.98 Å². The molecule has 0 radical (unpaired) electrons. The molecular formula is C18H19FN4O. The van der Waals surface area contributed by atoms with Crippen LogP contribution in [0.3, 0.4) is 0 Å². The Labute approximate surface area is 139 Å². The van der Waals surface area contributed by atoms with Crippen molar-refractivity contribution in [2.75, 3.05) is 30.4 Å². The molecule has 0 amide bonds. The number of hydrogen-bond acceptors (Lipinski definition) is 5. The number of hydrogen-bond donors (Lipinski definition) is 2. The number of aliphatic hydroxyl groups excluding tert-OH is 1. The molecule has 0 unspecified atom stereocenters. The molecule has 0 atom stereocenters. The van der Waals surface area contributed by atoms with Gasteiger partial charge in [-0.2, -0.15) is 0 Å². The molecule has 2 heterocycles. The summed E-state index contributed by atoms with van der Waals surface area (Å²) >= 11 is 0. The molecule has 0 fully saturated rings. The lowest BCUT2D eigenvalue weighted by Crippen LogP contribution is -2.21. The number of likely N-dealkylation sites (N-methyl/N-ethyl adjacent to an activating group) is 1. The lowest BCUT2D eigenvalue weighted by atomic mass is 10.1. The molecule has 5 nitrogen and oxygen atoms in total. The maximum absolute atomic E-state index is 13.7. The van der Waals surface area contributed by atoms with Crippen LogP contribution in [0.5, 0.6) is 0 Å². The Morgan fingerprint density at radius 1 is 1.21 bits per heavy atom. The fourth-order valence-electron chi connectivity index (χ4n) is 2.54. The van der Waals surface area contributed by atoms with Crippen molar-refractivity contribution in [1.29, 1.82) is 0 Å². The number of pyridine rings is 2. The summed E-state index contributed by atoms with van der Waals surface area (Å²) in [5, 5.41) is 12.9. The predicted octanol–water partition coefficient (Wildman–Crippen LogP) is 2.81. The van der Waals surface area contributed by atoms with Crippen LogP contribution in [0.15, 0.2) is 48.8 Å². The predicted molar refractivity (Wildman–Crippen MR) is 93.6 cm³/mol. The van der Waals surface area contributed by atoms with Gasteiger partial charge in [-0.25, -0.2) is 9.37 Å². The molecule has 0 spiro atoms. The summed E-state index contributed by atoms with van der Waals surface area (Å²) in [4.78, 5) is 10.6. The summed E-state index contributed by atoms with van der Waals surface area (Å²) in [6, 6.07) is 10.4. The van der Waals surface area contributed by atoms with Crippen LogP contribution in [0.1, 0.15) is 5.56 Å². The third kappa shape index (κ3) is 3.60. The summed E-state index contributed by atoms with van der Waals surface area (Å²) < 4.78 is 13.7. The molecule has 3 rings (SSSR count). The summed E-state index contributed by atoms with van der Waals surface area (Å²) in [6.45, 7) is 1.08. The van der Waals surface area contributed by atoms with Crippen LogP contribution in [0.2, 0.25) is 0 Å². The van der Waals surface area contributed by atoms with Crippen molar-refractivity contribution in [2.45, 2.75) is 6.54 Å². The molecule has 0 aliphatic rings. The van der Waals surface area contributed by atoms with Gasteiger partial charge in [-0.15, -0.1) is 0 Å². The highest BCUT2D eigenvalue weighted by Crippen LogP contribution is 2.20. The third-order valence-corrected chi connectivity index (χ3v) is 3.83. The first-order valence-electron chi connectivity index (χ1n) is 7.72. The minimum Gasteiger partial charge on any atom is -0.395 e. The van der Waals surface area contributed by atoms with E-state index in [9.17, 15) is 4.39 Å². The first-order valence-corrected chi connectivity index (χ1v) is 7.72. The first-order chi connectivity index (χ1) is 11.7. The Balaban J connectivity index is 1.74. The quantitative estimate of drug-likeness (QED) is 0.729. The van der Waals surface area contributed by atoms with Gasteiger partial charge in [-0.05, 0) is 30.3 Å². The zero-order valence-corrected chi connectivity index (χ0v) is 13.4. The second-order valence-corrected chi connectivity index (χ2v) is 5.54. The Hall–Kier alpha value is -2.73. The minimum absolute atomic E-state index is 0.0934. The molecular weight excluding hydrogens is 307 g/mol. The second kappa shape index (κ2) is 7.23. The number of nitrogens with zero attached hydrogens (tertiary/aromatic N) is 3. The molecule has 124 valence electrons. The highest BCUT2D eigenvalue weighted by molar-refractivity contribution is 5.81. The molecule has 6 heteroatoms. The van der Waals surface area contributed by atoms with Crippen LogP contribution >= 0.6 is 0 Å². The van der Waals surface area contributed by atoms with Crippen molar-refractivity contribution in [2.24, 2.45) is 0 Å². The molecule has 2 aromatic heterocycles. The lowest BCUT2D eigenvalue weighted by Gasteiger charge is -2.17. The van der Waals surface area contributed by atoms with E-state index in [2.05, 4.69) is 15.3 Å². The van der Waals surface area contributed by atoms with Crippen molar-refractivity contribution in [3.63, 3.8) is 0 Å². The van der Waals surface area contributed by atoms with Gasteiger partial charge in [0.25, 0.3) is 0 Å². The van der Waals surface area contributed by atoms with Crippen LogP contribution in [-0.2, 0) is 6.54 Å². The van der Waals surface area contributed by atoms with Gasteiger partial charge < -0.3 is 15.3 Å². The monoisotopic (exact) mass is 326 g/mol. The van der Waals surface area contributed by atoms with Gasteiger partial charge >= 0.3 is 0 Å². The highest BCUT2D eigenvalue weighted by atomic mass is 19.1. The van der Waals surface area contributed by atoms with E-state index in [0.717, 1.165) is 22.2 Å². The van der Waals surface area contributed by atoms with Crippen LogP contribution in [0.4, 0.5) is 15.9 Å².